The monoisotopic (exact) mass is 375 g/mol. The van der Waals surface area contributed by atoms with Crippen molar-refractivity contribution in [2.75, 3.05) is 19.0 Å². The Morgan fingerprint density at radius 3 is 2.88 bits per heavy atom. The number of nitro benzene ring substituents is 1. The lowest BCUT2D eigenvalue weighted by Gasteiger charge is -2.29. The summed E-state index contributed by atoms with van der Waals surface area (Å²) in [6.07, 6.45) is 4.09. The number of urea groups is 1. The van der Waals surface area contributed by atoms with Crippen molar-refractivity contribution in [2.45, 2.75) is 31.7 Å². The Morgan fingerprint density at radius 2 is 2.19 bits per heavy atom. The Hall–Kier alpha value is -2.61. The second-order valence-electron chi connectivity index (χ2n) is 6.15. The van der Waals surface area contributed by atoms with Crippen LogP contribution in [0.4, 0.5) is 16.2 Å². The molecule has 0 aliphatic carbocycles. The Morgan fingerprint density at radius 1 is 1.35 bits per heavy atom. The normalized spacial score (nSPS) is 17.4. The number of carbonyl (C=O) groups is 1. The zero-order chi connectivity index (χ0) is 18.5. The molecular weight excluding hydrogens is 354 g/mol. The quantitative estimate of drug-likeness (QED) is 0.613. The number of rotatable bonds is 4. The lowest BCUT2D eigenvalue weighted by molar-refractivity contribution is -0.384. The van der Waals surface area contributed by atoms with E-state index in [-0.39, 0.29) is 23.5 Å². The van der Waals surface area contributed by atoms with Gasteiger partial charge in [-0.2, -0.15) is 0 Å². The molecule has 1 N–H and O–H groups in total. The Kier molecular flexibility index (Phi) is 5.72. The molecule has 26 heavy (non-hydrogen) atoms. The molecule has 0 saturated carbocycles. The Labute approximate surface area is 155 Å². The van der Waals surface area contributed by atoms with Crippen LogP contribution in [0.5, 0.6) is 5.75 Å². The molecule has 1 aliphatic heterocycles. The molecule has 8 heteroatoms. The SMILES string of the molecule is COc1cc([N+](=O)[O-])ccc1NC(=O)N1CCCCC[C@H]1c1cccs1. The number of methoxy groups -OCH3 is 1. The maximum absolute atomic E-state index is 12.9. The largest absolute Gasteiger partial charge is 0.494 e. The highest BCUT2D eigenvalue weighted by atomic mass is 32.1. The van der Waals surface area contributed by atoms with Crippen LogP contribution < -0.4 is 10.1 Å². The second-order valence-corrected chi connectivity index (χ2v) is 7.13. The highest BCUT2D eigenvalue weighted by Gasteiger charge is 2.28. The minimum absolute atomic E-state index is 0.0570. The molecular formula is C18H21N3O4S. The molecule has 0 unspecified atom stereocenters. The average Bonchev–Trinajstić information content (AvgIpc) is 3.06. The maximum atomic E-state index is 12.9. The van der Waals surface area contributed by atoms with Gasteiger partial charge in [-0.15, -0.1) is 11.3 Å². The third-order valence-electron chi connectivity index (χ3n) is 4.52. The van der Waals surface area contributed by atoms with E-state index in [1.807, 2.05) is 16.3 Å². The Balaban J connectivity index is 1.82. The van der Waals surface area contributed by atoms with Gasteiger partial charge in [-0.25, -0.2) is 4.79 Å². The van der Waals surface area contributed by atoms with Crippen LogP contribution in [0.25, 0.3) is 0 Å². The molecule has 1 aliphatic rings. The molecule has 0 bridgehead atoms. The van der Waals surface area contributed by atoms with Crippen LogP contribution in [0.2, 0.25) is 0 Å². The van der Waals surface area contributed by atoms with Gasteiger partial charge in [-0.3, -0.25) is 10.1 Å². The highest BCUT2D eigenvalue weighted by Crippen LogP contribution is 2.34. The number of thiophene rings is 1. The van der Waals surface area contributed by atoms with Crippen molar-refractivity contribution >= 4 is 28.7 Å². The number of anilines is 1. The minimum Gasteiger partial charge on any atom is -0.494 e. The van der Waals surface area contributed by atoms with Gasteiger partial charge < -0.3 is 15.0 Å². The van der Waals surface area contributed by atoms with E-state index in [9.17, 15) is 14.9 Å². The number of carbonyl (C=O) groups excluding carboxylic acids is 1. The van der Waals surface area contributed by atoms with Crippen molar-refractivity contribution in [1.82, 2.24) is 4.90 Å². The first kappa shape index (κ1) is 18.2. The molecule has 1 aromatic heterocycles. The summed E-state index contributed by atoms with van der Waals surface area (Å²) in [5, 5.41) is 15.8. The van der Waals surface area contributed by atoms with Crippen LogP contribution in [0, 0.1) is 10.1 Å². The van der Waals surface area contributed by atoms with Gasteiger partial charge in [0.25, 0.3) is 5.69 Å². The van der Waals surface area contributed by atoms with Crippen LogP contribution in [-0.2, 0) is 0 Å². The standard InChI is InChI=1S/C18H21N3O4S/c1-25-16-12-13(21(23)24)8-9-14(16)19-18(22)20-10-4-2-3-6-15(20)17-7-5-11-26-17/h5,7-9,11-12,15H,2-4,6,10H2,1H3,(H,19,22)/t15-/m0/s1. The average molecular weight is 375 g/mol. The fraction of sp³-hybridized carbons (Fsp3) is 0.389. The Bertz CT molecular complexity index is 779. The molecule has 2 heterocycles. The molecule has 7 nitrogen and oxygen atoms in total. The number of hydrogen-bond acceptors (Lipinski definition) is 5. The van der Waals surface area contributed by atoms with E-state index in [4.69, 9.17) is 4.74 Å². The zero-order valence-corrected chi connectivity index (χ0v) is 15.3. The van der Waals surface area contributed by atoms with E-state index < -0.39 is 4.92 Å². The first-order valence-corrected chi connectivity index (χ1v) is 9.41. The molecule has 138 valence electrons. The predicted octanol–water partition coefficient (Wildman–Crippen LogP) is 4.81. The third-order valence-corrected chi connectivity index (χ3v) is 5.50. The number of amides is 2. The fourth-order valence-electron chi connectivity index (χ4n) is 3.21. The van der Waals surface area contributed by atoms with Gasteiger partial charge in [-0.1, -0.05) is 18.9 Å². The summed E-state index contributed by atoms with van der Waals surface area (Å²) in [6.45, 7) is 0.684. The summed E-state index contributed by atoms with van der Waals surface area (Å²) in [5.41, 5.74) is 0.350. The molecule has 0 spiro atoms. The van der Waals surface area contributed by atoms with Gasteiger partial charge >= 0.3 is 6.03 Å². The molecule has 0 radical (unpaired) electrons. The van der Waals surface area contributed by atoms with Crippen molar-refractivity contribution in [3.8, 4) is 5.75 Å². The summed E-state index contributed by atoms with van der Waals surface area (Å²) in [4.78, 5) is 26.4. The van der Waals surface area contributed by atoms with Crippen LogP contribution >= 0.6 is 11.3 Å². The topological polar surface area (TPSA) is 84.7 Å². The van der Waals surface area contributed by atoms with E-state index in [2.05, 4.69) is 11.4 Å². The van der Waals surface area contributed by atoms with E-state index in [1.54, 1.807) is 11.3 Å². The number of ether oxygens (including phenoxy) is 1. The number of likely N-dealkylation sites (tertiary alicyclic amines) is 1. The van der Waals surface area contributed by atoms with Crippen molar-refractivity contribution in [3.05, 3.63) is 50.7 Å². The number of benzene rings is 1. The van der Waals surface area contributed by atoms with Crippen molar-refractivity contribution in [3.63, 3.8) is 0 Å². The molecule has 2 aromatic rings. The number of non-ortho nitro benzene ring substituents is 1. The maximum Gasteiger partial charge on any atom is 0.322 e. The first-order valence-electron chi connectivity index (χ1n) is 8.53. The highest BCUT2D eigenvalue weighted by molar-refractivity contribution is 7.10. The minimum atomic E-state index is -0.490. The van der Waals surface area contributed by atoms with Crippen LogP contribution in [0.3, 0.4) is 0 Å². The van der Waals surface area contributed by atoms with E-state index in [0.29, 0.717) is 12.2 Å². The number of hydrogen-bond donors (Lipinski definition) is 1. The van der Waals surface area contributed by atoms with Crippen LogP contribution in [0.1, 0.15) is 36.6 Å². The van der Waals surface area contributed by atoms with Crippen molar-refractivity contribution < 1.29 is 14.5 Å². The van der Waals surface area contributed by atoms with Gasteiger partial charge in [-0.05, 0) is 30.4 Å². The van der Waals surface area contributed by atoms with E-state index in [1.165, 1.54) is 30.2 Å². The smallest absolute Gasteiger partial charge is 0.322 e. The lowest BCUT2D eigenvalue weighted by Crippen LogP contribution is -2.37. The molecule has 1 fully saturated rings. The fourth-order valence-corrected chi connectivity index (χ4v) is 4.09. The number of nitrogens with zero attached hydrogens (tertiary/aromatic N) is 2. The molecule has 3 rings (SSSR count). The van der Waals surface area contributed by atoms with Crippen molar-refractivity contribution in [2.24, 2.45) is 0 Å². The van der Waals surface area contributed by atoms with Crippen LogP contribution in [0.15, 0.2) is 35.7 Å². The number of nitro groups is 1. The summed E-state index contributed by atoms with van der Waals surface area (Å²) in [7, 11) is 1.43. The predicted molar refractivity (Wildman–Crippen MR) is 101 cm³/mol. The van der Waals surface area contributed by atoms with Crippen LogP contribution in [-0.4, -0.2) is 29.5 Å². The van der Waals surface area contributed by atoms with Gasteiger partial charge in [0.15, 0.2) is 0 Å². The molecule has 1 atom stereocenters. The van der Waals surface area contributed by atoms with Gasteiger partial charge in [0.1, 0.15) is 5.75 Å². The van der Waals surface area contributed by atoms with Crippen molar-refractivity contribution in [1.29, 1.82) is 0 Å². The van der Waals surface area contributed by atoms with E-state index >= 15 is 0 Å². The third kappa shape index (κ3) is 3.96. The summed E-state index contributed by atoms with van der Waals surface area (Å²) in [6, 6.07) is 8.09. The van der Waals surface area contributed by atoms with E-state index in [0.717, 1.165) is 25.7 Å². The zero-order valence-electron chi connectivity index (χ0n) is 14.5. The summed E-state index contributed by atoms with van der Waals surface area (Å²) >= 11 is 1.66. The molecule has 1 aromatic carbocycles. The second kappa shape index (κ2) is 8.18. The van der Waals surface area contributed by atoms with Gasteiger partial charge in [0.2, 0.25) is 0 Å². The summed E-state index contributed by atoms with van der Waals surface area (Å²) < 4.78 is 5.21. The number of nitrogens with one attached hydrogen (secondary N) is 1. The molecule has 2 amide bonds. The molecule has 1 saturated heterocycles. The van der Waals surface area contributed by atoms with Gasteiger partial charge in [0.05, 0.1) is 29.8 Å². The lowest BCUT2D eigenvalue weighted by atomic mass is 10.1. The first-order chi connectivity index (χ1) is 12.6. The summed E-state index contributed by atoms with van der Waals surface area (Å²) in [5.74, 6) is 0.273. The van der Waals surface area contributed by atoms with Gasteiger partial charge in [0, 0.05) is 17.5 Å².